The molecule has 0 fully saturated rings. The monoisotopic (exact) mass is 479 g/mol. The average Bonchev–Trinajstić information content (AvgIpc) is 2.55. The van der Waals surface area contributed by atoms with E-state index in [1.807, 2.05) is 18.2 Å². The smallest absolute Gasteiger partial charge is 0.576 e. The van der Waals surface area contributed by atoms with Gasteiger partial charge < -0.3 is 28.5 Å². The number of methoxy groups -OCH3 is 1. The SMILES string of the molecule is [CH2-]N([CH2-])C1CC(c2ccccc2)c2cc(COC)ccc2O1.[W+2]. The average molecular weight is 479 g/mol. The second kappa shape index (κ2) is 8.10. The Labute approximate surface area is 152 Å². The van der Waals surface area contributed by atoms with Crippen LogP contribution in [0.1, 0.15) is 29.0 Å². The van der Waals surface area contributed by atoms with Crippen LogP contribution in [0.25, 0.3) is 0 Å². The van der Waals surface area contributed by atoms with Crippen LogP contribution in [0.2, 0.25) is 0 Å². The van der Waals surface area contributed by atoms with Crippen LogP contribution in [0.15, 0.2) is 48.5 Å². The predicted octanol–water partition coefficient (Wildman–Crippen LogP) is 3.96. The summed E-state index contributed by atoms with van der Waals surface area (Å²) in [7, 11) is 9.49. The molecule has 1 aliphatic heterocycles. The first-order valence-electron chi connectivity index (χ1n) is 7.42. The summed E-state index contributed by atoms with van der Waals surface area (Å²) in [5, 5.41) is 0. The van der Waals surface area contributed by atoms with Crippen molar-refractivity contribution in [3.63, 3.8) is 0 Å². The Morgan fingerprint density at radius 1 is 1.17 bits per heavy atom. The largest absolute Gasteiger partial charge is 2.00 e. The van der Waals surface area contributed by atoms with E-state index in [0.717, 1.165) is 17.7 Å². The Hall–Kier alpha value is -1.15. The van der Waals surface area contributed by atoms with Crippen molar-refractivity contribution in [2.45, 2.75) is 25.2 Å². The van der Waals surface area contributed by atoms with Gasteiger partial charge in [0.1, 0.15) is 12.0 Å². The molecule has 0 radical (unpaired) electrons. The van der Waals surface area contributed by atoms with Gasteiger partial charge in [0.25, 0.3) is 0 Å². The number of hydrogen-bond donors (Lipinski definition) is 0. The topological polar surface area (TPSA) is 21.7 Å². The number of fused-ring (bicyclic) bond motifs is 1. The molecule has 0 aromatic heterocycles. The van der Waals surface area contributed by atoms with Crippen molar-refractivity contribution >= 4 is 0 Å². The maximum atomic E-state index is 6.04. The Balaban J connectivity index is 0.00000192. The molecule has 2 aromatic carbocycles. The van der Waals surface area contributed by atoms with Gasteiger partial charge in [0.05, 0.1) is 6.61 Å². The van der Waals surface area contributed by atoms with E-state index in [1.54, 1.807) is 12.0 Å². The van der Waals surface area contributed by atoms with Crippen molar-refractivity contribution in [2.24, 2.45) is 0 Å². The van der Waals surface area contributed by atoms with Crippen molar-refractivity contribution in [2.75, 3.05) is 7.11 Å². The van der Waals surface area contributed by atoms with Crippen LogP contribution in [0.4, 0.5) is 0 Å². The zero-order valence-electron chi connectivity index (χ0n) is 13.3. The van der Waals surface area contributed by atoms with Crippen molar-refractivity contribution in [3.8, 4) is 5.75 Å². The predicted molar refractivity (Wildman–Crippen MR) is 87.0 cm³/mol. The van der Waals surface area contributed by atoms with Crippen LogP contribution in [0.3, 0.4) is 0 Å². The van der Waals surface area contributed by atoms with Gasteiger partial charge in [-0.05, 0) is 23.3 Å². The maximum Gasteiger partial charge on any atom is 2.00 e. The molecule has 1 heterocycles. The van der Waals surface area contributed by atoms with Gasteiger partial charge in [0.2, 0.25) is 0 Å². The third-order valence-corrected chi connectivity index (χ3v) is 4.07. The normalized spacial score (nSPS) is 19.7. The number of benzene rings is 2. The van der Waals surface area contributed by atoms with Gasteiger partial charge in [-0.15, -0.1) is 0 Å². The van der Waals surface area contributed by atoms with E-state index in [2.05, 4.69) is 44.4 Å². The minimum Gasteiger partial charge on any atom is -0.576 e. The van der Waals surface area contributed by atoms with Crippen molar-refractivity contribution < 1.29 is 30.5 Å². The van der Waals surface area contributed by atoms with Gasteiger partial charge >= 0.3 is 21.1 Å². The summed E-state index contributed by atoms with van der Waals surface area (Å²) in [5.74, 6) is 1.18. The quantitative estimate of drug-likeness (QED) is 0.621. The van der Waals surface area contributed by atoms with Crippen LogP contribution >= 0.6 is 0 Å². The molecule has 2 atom stereocenters. The fraction of sp³-hybridized carbons (Fsp3) is 0.263. The number of rotatable bonds is 4. The summed E-state index contributed by atoms with van der Waals surface area (Å²) in [6.45, 7) is 0.606. The van der Waals surface area contributed by atoms with E-state index in [9.17, 15) is 0 Å². The minimum atomic E-state index is -0.119. The first-order valence-corrected chi connectivity index (χ1v) is 7.42. The number of hydrogen-bond acceptors (Lipinski definition) is 3. The third kappa shape index (κ3) is 4.03. The molecule has 0 saturated carbocycles. The standard InChI is InChI=1S/C19H21NO2.W/c1-20(2)19-12-16(15-7-5-4-6-8-15)17-11-14(13-21-3)9-10-18(17)22-19;/h4-11,16,19H,1-2,12-13H2,3H3;/q-2;+2. The molecule has 4 heteroatoms. The second-order valence-corrected chi connectivity index (χ2v) is 5.67. The second-order valence-electron chi connectivity index (χ2n) is 5.67. The maximum absolute atomic E-state index is 6.04. The van der Waals surface area contributed by atoms with Crippen LogP contribution in [0, 0.1) is 14.1 Å². The number of nitrogens with zero attached hydrogens (tertiary/aromatic N) is 1. The van der Waals surface area contributed by atoms with Gasteiger partial charge in [0.15, 0.2) is 0 Å². The first-order chi connectivity index (χ1) is 10.7. The van der Waals surface area contributed by atoms with E-state index in [1.165, 1.54) is 11.1 Å². The molecule has 0 aliphatic carbocycles. The van der Waals surface area contributed by atoms with Gasteiger partial charge in [-0.2, -0.15) is 0 Å². The van der Waals surface area contributed by atoms with Crippen LogP contribution < -0.4 is 4.74 Å². The Morgan fingerprint density at radius 2 is 1.91 bits per heavy atom. The molecule has 0 N–H and O–H groups in total. The van der Waals surface area contributed by atoms with E-state index < -0.39 is 0 Å². The molecule has 2 aromatic rings. The summed E-state index contributed by atoms with van der Waals surface area (Å²) >= 11 is 0. The van der Waals surface area contributed by atoms with E-state index in [0.29, 0.717) is 6.61 Å². The zero-order chi connectivity index (χ0) is 15.5. The van der Waals surface area contributed by atoms with Crippen LogP contribution in [0.5, 0.6) is 5.75 Å². The summed E-state index contributed by atoms with van der Waals surface area (Å²) < 4.78 is 11.3. The Kier molecular flexibility index (Phi) is 6.40. The molecule has 23 heavy (non-hydrogen) atoms. The van der Waals surface area contributed by atoms with Crippen LogP contribution in [-0.2, 0) is 32.4 Å². The van der Waals surface area contributed by atoms with Gasteiger partial charge in [-0.1, -0.05) is 36.4 Å². The van der Waals surface area contributed by atoms with Gasteiger partial charge in [-0.3, -0.25) is 0 Å². The molecular weight excluding hydrogens is 458 g/mol. The molecule has 1 aliphatic rings. The molecule has 0 saturated heterocycles. The Morgan fingerprint density at radius 3 is 2.57 bits per heavy atom. The molecule has 0 spiro atoms. The fourth-order valence-electron chi connectivity index (χ4n) is 2.98. The third-order valence-electron chi connectivity index (χ3n) is 4.07. The summed E-state index contributed by atoms with van der Waals surface area (Å²) in [4.78, 5) is 1.64. The van der Waals surface area contributed by atoms with Gasteiger partial charge in [0, 0.05) is 25.0 Å². The minimum absolute atomic E-state index is 0. The first kappa shape index (κ1) is 18.2. The molecule has 0 amide bonds. The van der Waals surface area contributed by atoms with Crippen molar-refractivity contribution in [1.29, 1.82) is 0 Å². The molecule has 3 nitrogen and oxygen atoms in total. The van der Waals surface area contributed by atoms with Crippen molar-refractivity contribution in [1.82, 2.24) is 4.90 Å². The van der Waals surface area contributed by atoms with E-state index in [-0.39, 0.29) is 33.2 Å². The van der Waals surface area contributed by atoms with Gasteiger partial charge in [-0.25, -0.2) is 0 Å². The molecule has 0 bridgehead atoms. The van der Waals surface area contributed by atoms with E-state index in [4.69, 9.17) is 9.47 Å². The zero-order valence-corrected chi connectivity index (χ0v) is 16.2. The Bertz CT molecular complexity index is 631. The van der Waals surface area contributed by atoms with Crippen LogP contribution in [-0.4, -0.2) is 18.2 Å². The van der Waals surface area contributed by atoms with Crippen molar-refractivity contribution in [3.05, 3.63) is 79.3 Å². The molecule has 3 rings (SSSR count). The number of ether oxygens (including phenoxy) is 2. The van der Waals surface area contributed by atoms with E-state index >= 15 is 0 Å². The fourth-order valence-corrected chi connectivity index (χ4v) is 2.98. The molecule has 2 unspecified atom stereocenters. The summed E-state index contributed by atoms with van der Waals surface area (Å²) in [5.41, 5.74) is 3.65. The molecular formula is C19H21NO2W. The summed E-state index contributed by atoms with van der Waals surface area (Å²) in [6, 6.07) is 16.8. The molecule has 120 valence electrons. The summed E-state index contributed by atoms with van der Waals surface area (Å²) in [6.07, 6.45) is 0.714.